The highest BCUT2D eigenvalue weighted by molar-refractivity contribution is 5.91. The summed E-state index contributed by atoms with van der Waals surface area (Å²) in [5, 5.41) is 3.42. The lowest BCUT2D eigenvalue weighted by molar-refractivity contribution is -0.135. The first kappa shape index (κ1) is 13.6. The van der Waals surface area contributed by atoms with E-state index in [-0.39, 0.29) is 11.7 Å². The first-order chi connectivity index (χ1) is 9.53. The van der Waals surface area contributed by atoms with Crippen molar-refractivity contribution in [3.8, 4) is 0 Å². The van der Waals surface area contributed by atoms with Crippen LogP contribution in [0.5, 0.6) is 0 Å². The van der Waals surface area contributed by atoms with Crippen molar-refractivity contribution in [2.45, 2.75) is 44.2 Å². The number of nitrogens with zero attached hydrogens (tertiary/aromatic N) is 1. The minimum atomic E-state index is -0.595. The second kappa shape index (κ2) is 4.85. The monoisotopic (exact) mass is 276 g/mol. The Kier molecular flexibility index (Phi) is 3.28. The van der Waals surface area contributed by atoms with Gasteiger partial charge in [-0.15, -0.1) is 0 Å². The Bertz CT molecular complexity index is 517. The quantitative estimate of drug-likeness (QED) is 0.897. The molecular formula is C16H21FN2O. The molecule has 1 saturated heterocycles. The minimum Gasteiger partial charge on any atom is -0.339 e. The molecule has 20 heavy (non-hydrogen) atoms. The molecule has 1 amide bonds. The van der Waals surface area contributed by atoms with Crippen LogP contribution >= 0.6 is 0 Å². The second-order valence-corrected chi connectivity index (χ2v) is 6.24. The number of nitrogens with one attached hydrogen (secondary N) is 1. The van der Waals surface area contributed by atoms with Gasteiger partial charge < -0.3 is 10.2 Å². The summed E-state index contributed by atoms with van der Waals surface area (Å²) in [6.45, 7) is 5.58. The molecule has 0 unspecified atom stereocenters. The summed E-state index contributed by atoms with van der Waals surface area (Å²) in [4.78, 5) is 14.8. The molecular weight excluding hydrogens is 255 g/mol. The molecule has 0 spiro atoms. The number of benzene rings is 1. The third-order valence-electron chi connectivity index (χ3n) is 4.39. The van der Waals surface area contributed by atoms with Crippen LogP contribution in [0.4, 0.5) is 4.39 Å². The fourth-order valence-electron chi connectivity index (χ4n) is 3.37. The zero-order chi connectivity index (χ0) is 14.3. The Morgan fingerprint density at radius 2 is 1.85 bits per heavy atom. The molecule has 3 nitrogen and oxygen atoms in total. The van der Waals surface area contributed by atoms with Crippen molar-refractivity contribution in [1.82, 2.24) is 10.2 Å². The van der Waals surface area contributed by atoms with Gasteiger partial charge in [0.15, 0.2) is 0 Å². The predicted molar refractivity (Wildman–Crippen MR) is 76.0 cm³/mol. The molecule has 0 bridgehead atoms. The number of amides is 1. The fraction of sp³-hybridized carbons (Fsp3) is 0.562. The average molecular weight is 276 g/mol. The molecule has 1 aromatic carbocycles. The van der Waals surface area contributed by atoms with E-state index in [2.05, 4.69) is 19.2 Å². The maximum Gasteiger partial charge on any atom is 0.233 e. The van der Waals surface area contributed by atoms with Gasteiger partial charge in [0.2, 0.25) is 5.91 Å². The zero-order valence-electron chi connectivity index (χ0n) is 12.0. The van der Waals surface area contributed by atoms with E-state index in [1.54, 1.807) is 12.1 Å². The number of halogens is 1. The first-order valence-corrected chi connectivity index (χ1v) is 7.33. The van der Waals surface area contributed by atoms with Crippen molar-refractivity contribution >= 4 is 5.91 Å². The number of piperazine rings is 1. The molecule has 1 aliphatic heterocycles. The lowest BCUT2D eigenvalue weighted by Gasteiger charge is -2.38. The molecule has 108 valence electrons. The average Bonchev–Trinajstić information content (AvgIpc) is 3.18. The molecule has 2 fully saturated rings. The van der Waals surface area contributed by atoms with Crippen LogP contribution in [-0.2, 0) is 10.2 Å². The Morgan fingerprint density at radius 3 is 2.40 bits per heavy atom. The summed E-state index contributed by atoms with van der Waals surface area (Å²) in [6, 6.07) is 7.28. The number of rotatable bonds is 2. The fourth-order valence-corrected chi connectivity index (χ4v) is 3.37. The summed E-state index contributed by atoms with van der Waals surface area (Å²) >= 11 is 0. The van der Waals surface area contributed by atoms with Gasteiger partial charge in [0.05, 0.1) is 5.41 Å². The van der Waals surface area contributed by atoms with Crippen LogP contribution in [0, 0.1) is 5.82 Å². The highest BCUT2D eigenvalue weighted by Crippen LogP contribution is 2.50. The van der Waals surface area contributed by atoms with Gasteiger partial charge in [0, 0.05) is 30.7 Å². The van der Waals surface area contributed by atoms with Crippen LogP contribution in [0.1, 0.15) is 32.3 Å². The molecule has 1 N–H and O–H groups in total. The number of hydrogen-bond donors (Lipinski definition) is 1. The van der Waals surface area contributed by atoms with Crippen molar-refractivity contribution in [3.63, 3.8) is 0 Å². The van der Waals surface area contributed by atoms with Crippen molar-refractivity contribution in [2.75, 3.05) is 13.1 Å². The lowest BCUT2D eigenvalue weighted by atomic mass is 9.93. The molecule has 1 aromatic rings. The van der Waals surface area contributed by atoms with Crippen LogP contribution in [0.25, 0.3) is 0 Å². The maximum absolute atomic E-state index is 14.0. The highest BCUT2D eigenvalue weighted by atomic mass is 19.1. The van der Waals surface area contributed by atoms with Gasteiger partial charge in [0.1, 0.15) is 5.82 Å². The van der Waals surface area contributed by atoms with Gasteiger partial charge in [-0.2, -0.15) is 0 Å². The number of hydrogen-bond acceptors (Lipinski definition) is 2. The summed E-state index contributed by atoms with van der Waals surface area (Å²) in [5.41, 5.74) is -0.0221. The summed E-state index contributed by atoms with van der Waals surface area (Å²) in [7, 11) is 0. The molecule has 1 heterocycles. The molecule has 4 heteroatoms. The first-order valence-electron chi connectivity index (χ1n) is 7.33. The van der Waals surface area contributed by atoms with E-state index >= 15 is 0 Å². The maximum atomic E-state index is 14.0. The standard InChI is InChI=1S/C16H21FN2O/c1-11-9-19(10-12(2)18-11)15(20)16(7-8-16)13-5-3-4-6-14(13)17/h3-6,11-12,18H,7-10H2,1-2H3/t11-,12+. The third-order valence-corrected chi connectivity index (χ3v) is 4.39. The largest absolute Gasteiger partial charge is 0.339 e. The van der Waals surface area contributed by atoms with Gasteiger partial charge in [-0.1, -0.05) is 18.2 Å². The summed E-state index contributed by atoms with van der Waals surface area (Å²) in [5.74, 6) is -0.155. The van der Waals surface area contributed by atoms with E-state index in [1.165, 1.54) is 6.07 Å². The summed E-state index contributed by atoms with van der Waals surface area (Å²) < 4.78 is 14.0. The smallest absolute Gasteiger partial charge is 0.233 e. The van der Waals surface area contributed by atoms with Crippen LogP contribution in [0.15, 0.2) is 24.3 Å². The van der Waals surface area contributed by atoms with Gasteiger partial charge in [-0.25, -0.2) is 4.39 Å². The highest BCUT2D eigenvalue weighted by Gasteiger charge is 2.54. The zero-order valence-corrected chi connectivity index (χ0v) is 12.0. The van der Waals surface area contributed by atoms with E-state index in [1.807, 2.05) is 11.0 Å². The Morgan fingerprint density at radius 1 is 1.25 bits per heavy atom. The Balaban J connectivity index is 1.85. The van der Waals surface area contributed by atoms with Gasteiger partial charge in [0.25, 0.3) is 0 Å². The molecule has 1 aliphatic carbocycles. The van der Waals surface area contributed by atoms with E-state index in [0.717, 1.165) is 12.8 Å². The van der Waals surface area contributed by atoms with E-state index < -0.39 is 5.41 Å². The number of carbonyl (C=O) groups is 1. The molecule has 0 aromatic heterocycles. The molecule has 1 saturated carbocycles. The molecule has 3 rings (SSSR count). The van der Waals surface area contributed by atoms with Crippen LogP contribution < -0.4 is 5.32 Å². The van der Waals surface area contributed by atoms with E-state index in [0.29, 0.717) is 30.7 Å². The van der Waals surface area contributed by atoms with Crippen molar-refractivity contribution in [1.29, 1.82) is 0 Å². The topological polar surface area (TPSA) is 32.3 Å². The molecule has 2 atom stereocenters. The normalized spacial score (nSPS) is 28.2. The molecule has 0 radical (unpaired) electrons. The lowest BCUT2D eigenvalue weighted by Crippen LogP contribution is -2.57. The van der Waals surface area contributed by atoms with Crippen LogP contribution in [0.2, 0.25) is 0 Å². The van der Waals surface area contributed by atoms with Gasteiger partial charge >= 0.3 is 0 Å². The predicted octanol–water partition coefficient (Wildman–Crippen LogP) is 2.07. The number of carbonyl (C=O) groups excluding carboxylic acids is 1. The van der Waals surface area contributed by atoms with Crippen molar-refractivity contribution < 1.29 is 9.18 Å². The van der Waals surface area contributed by atoms with Crippen LogP contribution in [-0.4, -0.2) is 36.0 Å². The van der Waals surface area contributed by atoms with Gasteiger partial charge in [-0.05, 0) is 32.8 Å². The van der Waals surface area contributed by atoms with Gasteiger partial charge in [-0.3, -0.25) is 4.79 Å². The van der Waals surface area contributed by atoms with Crippen molar-refractivity contribution in [2.24, 2.45) is 0 Å². The Labute approximate surface area is 119 Å². The molecule has 2 aliphatic rings. The third kappa shape index (κ3) is 2.22. The van der Waals surface area contributed by atoms with Crippen LogP contribution in [0.3, 0.4) is 0 Å². The Hall–Kier alpha value is -1.42. The SMILES string of the molecule is C[C@@H]1CN(C(=O)C2(c3ccccc3F)CC2)C[C@H](C)N1. The minimum absolute atomic E-state index is 0.0998. The summed E-state index contributed by atoms with van der Waals surface area (Å²) in [6.07, 6.45) is 1.53. The van der Waals surface area contributed by atoms with E-state index in [9.17, 15) is 9.18 Å². The second-order valence-electron chi connectivity index (χ2n) is 6.24. The van der Waals surface area contributed by atoms with E-state index in [4.69, 9.17) is 0 Å². The van der Waals surface area contributed by atoms with Crippen molar-refractivity contribution in [3.05, 3.63) is 35.6 Å².